The monoisotopic (exact) mass is 397 g/mol. The van der Waals surface area contributed by atoms with Gasteiger partial charge in [-0.2, -0.15) is 0 Å². The van der Waals surface area contributed by atoms with E-state index in [1.165, 1.54) is 12.1 Å². The molecule has 4 rings (SSSR count). The number of nitrogens with zero attached hydrogens (tertiary/aromatic N) is 4. The fourth-order valence-electron chi connectivity index (χ4n) is 3.20. The van der Waals surface area contributed by atoms with Crippen molar-refractivity contribution in [3.05, 3.63) is 112 Å². The fraction of sp³-hybridized carbons (Fsp3) is 0.0870. The largest absolute Gasteiger partial charge is 0.357 e. The van der Waals surface area contributed by atoms with Gasteiger partial charge < -0.3 is 5.32 Å². The van der Waals surface area contributed by atoms with Gasteiger partial charge in [-0.3, -0.25) is 15.1 Å². The first-order chi connectivity index (χ1) is 14.6. The second-order valence-corrected chi connectivity index (χ2v) is 6.77. The summed E-state index contributed by atoms with van der Waals surface area (Å²) in [5.74, 6) is 1.04. The zero-order valence-corrected chi connectivity index (χ0v) is 16.3. The molecule has 148 valence electrons. The molecular formula is C23H19N5O2. The molecule has 7 nitrogen and oxygen atoms in total. The van der Waals surface area contributed by atoms with Gasteiger partial charge >= 0.3 is 0 Å². The third-order valence-electron chi connectivity index (χ3n) is 4.58. The average Bonchev–Trinajstić information content (AvgIpc) is 2.78. The van der Waals surface area contributed by atoms with Crippen LogP contribution in [0, 0.1) is 17.0 Å². The summed E-state index contributed by atoms with van der Waals surface area (Å²) in [6, 6.07) is 23.7. The summed E-state index contributed by atoms with van der Waals surface area (Å²) in [4.78, 5) is 24.3. The highest BCUT2D eigenvalue weighted by Crippen LogP contribution is 2.27. The van der Waals surface area contributed by atoms with Crippen LogP contribution < -0.4 is 5.32 Å². The number of hydrogen-bond donors (Lipinski definition) is 1. The Labute approximate surface area is 173 Å². The van der Waals surface area contributed by atoms with E-state index in [9.17, 15) is 10.1 Å². The van der Waals surface area contributed by atoms with Crippen LogP contribution in [-0.4, -0.2) is 19.9 Å². The minimum absolute atomic E-state index is 0.00256. The van der Waals surface area contributed by atoms with Gasteiger partial charge in [0.1, 0.15) is 5.82 Å². The van der Waals surface area contributed by atoms with E-state index in [0.29, 0.717) is 17.2 Å². The number of hydrogen-bond acceptors (Lipinski definition) is 6. The Kier molecular flexibility index (Phi) is 5.43. The van der Waals surface area contributed by atoms with E-state index in [-0.39, 0.29) is 11.7 Å². The number of non-ortho nitro benzene ring substituents is 1. The molecule has 0 fully saturated rings. The second-order valence-electron chi connectivity index (χ2n) is 6.77. The van der Waals surface area contributed by atoms with Gasteiger partial charge in [-0.05, 0) is 24.6 Å². The van der Waals surface area contributed by atoms with Gasteiger partial charge in [0.2, 0.25) is 0 Å². The zero-order valence-electron chi connectivity index (χ0n) is 16.3. The van der Waals surface area contributed by atoms with Crippen molar-refractivity contribution in [2.24, 2.45) is 0 Å². The molecular weight excluding hydrogens is 378 g/mol. The van der Waals surface area contributed by atoms with E-state index in [0.717, 1.165) is 17.0 Å². The summed E-state index contributed by atoms with van der Waals surface area (Å²) in [6.07, 6.45) is 1.76. The molecule has 1 unspecified atom stereocenters. The minimum atomic E-state index is -0.426. The number of nitro benzene ring substituents is 1. The molecule has 0 aliphatic carbocycles. The van der Waals surface area contributed by atoms with Crippen molar-refractivity contribution in [2.45, 2.75) is 13.0 Å². The van der Waals surface area contributed by atoms with Crippen LogP contribution in [0.4, 0.5) is 11.5 Å². The maximum atomic E-state index is 11.1. The topological polar surface area (TPSA) is 93.8 Å². The Morgan fingerprint density at radius 3 is 2.47 bits per heavy atom. The third-order valence-corrected chi connectivity index (χ3v) is 4.58. The average molecular weight is 397 g/mol. The summed E-state index contributed by atoms with van der Waals surface area (Å²) in [6.45, 7) is 1.87. The van der Waals surface area contributed by atoms with Gasteiger partial charge in [-0.15, -0.1) is 0 Å². The molecule has 30 heavy (non-hydrogen) atoms. The molecule has 0 aliphatic heterocycles. The van der Waals surface area contributed by atoms with Crippen molar-refractivity contribution in [3.8, 4) is 11.4 Å². The van der Waals surface area contributed by atoms with Crippen LogP contribution in [0.1, 0.15) is 23.0 Å². The van der Waals surface area contributed by atoms with Crippen molar-refractivity contribution in [3.63, 3.8) is 0 Å². The number of aryl methyl sites for hydroxylation is 1. The molecule has 0 aliphatic rings. The lowest BCUT2D eigenvalue weighted by Crippen LogP contribution is -2.15. The SMILES string of the molecule is Cc1cc(NC(c2ccccc2)c2ccccn2)nc(-c2cccc([N+](=O)[O-])c2)n1. The van der Waals surface area contributed by atoms with E-state index < -0.39 is 4.92 Å². The molecule has 2 aromatic carbocycles. The third kappa shape index (κ3) is 4.30. The van der Waals surface area contributed by atoms with E-state index >= 15 is 0 Å². The van der Waals surface area contributed by atoms with E-state index in [4.69, 9.17) is 0 Å². The standard InChI is InChI=1S/C23H19N5O2/c1-16-14-21(27-23(25-16)18-10-7-11-19(15-18)28(29)30)26-22(17-8-3-2-4-9-17)20-12-5-6-13-24-20/h2-15,22H,1H3,(H,25,26,27). The van der Waals surface area contributed by atoms with Gasteiger partial charge in [-0.25, -0.2) is 9.97 Å². The quantitative estimate of drug-likeness (QED) is 0.365. The van der Waals surface area contributed by atoms with Gasteiger partial charge in [0.05, 0.1) is 16.7 Å². The Balaban J connectivity index is 1.73. The smallest absolute Gasteiger partial charge is 0.270 e. The minimum Gasteiger partial charge on any atom is -0.357 e. The first kappa shape index (κ1) is 19.2. The molecule has 7 heteroatoms. The Bertz CT molecular complexity index is 1130. The molecule has 0 spiro atoms. The van der Waals surface area contributed by atoms with Crippen molar-refractivity contribution in [1.82, 2.24) is 15.0 Å². The summed E-state index contributed by atoms with van der Waals surface area (Å²) in [5, 5.41) is 14.6. The van der Waals surface area contributed by atoms with Gasteiger partial charge in [0.15, 0.2) is 5.82 Å². The van der Waals surface area contributed by atoms with Crippen LogP contribution in [0.3, 0.4) is 0 Å². The maximum absolute atomic E-state index is 11.1. The molecule has 0 radical (unpaired) electrons. The number of anilines is 1. The molecule has 0 saturated carbocycles. The number of benzene rings is 2. The molecule has 4 aromatic rings. The number of pyridine rings is 1. The number of aromatic nitrogens is 3. The van der Waals surface area contributed by atoms with Crippen LogP contribution in [0.2, 0.25) is 0 Å². The van der Waals surface area contributed by atoms with E-state index in [1.807, 2.05) is 61.5 Å². The number of nitrogens with one attached hydrogen (secondary N) is 1. The van der Waals surface area contributed by atoms with Crippen molar-refractivity contribution < 1.29 is 4.92 Å². The van der Waals surface area contributed by atoms with E-state index in [1.54, 1.807) is 18.3 Å². The van der Waals surface area contributed by atoms with Crippen LogP contribution in [0.25, 0.3) is 11.4 Å². The van der Waals surface area contributed by atoms with Gasteiger partial charge in [0.25, 0.3) is 5.69 Å². The normalized spacial score (nSPS) is 11.6. The molecule has 1 atom stereocenters. The van der Waals surface area contributed by atoms with Crippen LogP contribution in [0.15, 0.2) is 85.1 Å². The molecule has 2 heterocycles. The number of rotatable bonds is 6. The highest BCUT2D eigenvalue weighted by Gasteiger charge is 2.17. The number of nitro groups is 1. The predicted molar refractivity (Wildman–Crippen MR) is 115 cm³/mol. The Hall–Kier alpha value is -4.13. The summed E-state index contributed by atoms with van der Waals surface area (Å²) in [5.41, 5.74) is 3.25. The first-order valence-electron chi connectivity index (χ1n) is 9.43. The van der Waals surface area contributed by atoms with Crippen LogP contribution in [-0.2, 0) is 0 Å². The molecule has 1 N–H and O–H groups in total. The predicted octanol–water partition coefficient (Wildman–Crippen LogP) is 4.96. The lowest BCUT2D eigenvalue weighted by atomic mass is 10.0. The fourth-order valence-corrected chi connectivity index (χ4v) is 3.20. The maximum Gasteiger partial charge on any atom is 0.270 e. The van der Waals surface area contributed by atoms with Gasteiger partial charge in [-0.1, -0.05) is 48.5 Å². The van der Waals surface area contributed by atoms with Crippen molar-refractivity contribution in [2.75, 3.05) is 5.32 Å². The molecule has 0 bridgehead atoms. The van der Waals surface area contributed by atoms with Crippen molar-refractivity contribution in [1.29, 1.82) is 0 Å². The van der Waals surface area contributed by atoms with Crippen LogP contribution >= 0.6 is 0 Å². The highest BCUT2D eigenvalue weighted by atomic mass is 16.6. The Morgan fingerprint density at radius 1 is 0.933 bits per heavy atom. The molecule has 0 saturated heterocycles. The van der Waals surface area contributed by atoms with E-state index in [2.05, 4.69) is 20.3 Å². The Morgan fingerprint density at radius 2 is 1.73 bits per heavy atom. The summed E-state index contributed by atoms with van der Waals surface area (Å²) in [7, 11) is 0. The van der Waals surface area contributed by atoms with Crippen molar-refractivity contribution >= 4 is 11.5 Å². The lowest BCUT2D eigenvalue weighted by Gasteiger charge is -2.20. The lowest BCUT2D eigenvalue weighted by molar-refractivity contribution is -0.384. The second kappa shape index (κ2) is 8.48. The molecule has 0 amide bonds. The van der Waals surface area contributed by atoms with Gasteiger partial charge in [0, 0.05) is 35.7 Å². The molecule has 2 aromatic heterocycles. The summed E-state index contributed by atoms with van der Waals surface area (Å²) < 4.78 is 0. The zero-order chi connectivity index (χ0) is 20.9. The summed E-state index contributed by atoms with van der Waals surface area (Å²) >= 11 is 0. The highest BCUT2D eigenvalue weighted by molar-refractivity contribution is 5.61. The first-order valence-corrected chi connectivity index (χ1v) is 9.43. The van der Waals surface area contributed by atoms with Crippen LogP contribution in [0.5, 0.6) is 0 Å².